The molecule has 0 saturated carbocycles. The van der Waals surface area contributed by atoms with Crippen molar-refractivity contribution in [1.82, 2.24) is 4.98 Å². The van der Waals surface area contributed by atoms with Gasteiger partial charge in [-0.25, -0.2) is 0 Å². The summed E-state index contributed by atoms with van der Waals surface area (Å²) in [5.41, 5.74) is -0.0711. The maximum absolute atomic E-state index is 10.6. The number of hydrogen-bond acceptors (Lipinski definition) is 6. The summed E-state index contributed by atoms with van der Waals surface area (Å²) in [6, 6.07) is 4.42. The monoisotopic (exact) mass is 251 g/mol. The Morgan fingerprint density at radius 2 is 2.28 bits per heavy atom. The Balaban J connectivity index is 2.24. The number of nitrogens with zero attached hydrogens (tertiary/aromatic N) is 2. The number of fused-ring (bicyclic) bond motifs is 1. The third-order valence-electron chi connectivity index (χ3n) is 2.25. The largest absolute Gasteiger partial charge is 0.424 e. The zero-order valence-corrected chi connectivity index (χ0v) is 10.0. The number of hydrogen-bond donors (Lipinski definition) is 2. The van der Waals surface area contributed by atoms with Gasteiger partial charge in [0.15, 0.2) is 5.58 Å². The summed E-state index contributed by atoms with van der Waals surface area (Å²) < 4.78 is 5.34. The van der Waals surface area contributed by atoms with Crippen LogP contribution in [0.5, 0.6) is 0 Å². The Labute approximate surface area is 103 Å². The van der Waals surface area contributed by atoms with Gasteiger partial charge in [-0.15, -0.1) is 0 Å². The van der Waals surface area contributed by atoms with E-state index in [0.717, 1.165) is 0 Å². The molecule has 96 valence electrons. The lowest BCUT2D eigenvalue weighted by Gasteiger charge is -2.16. The zero-order valence-electron chi connectivity index (χ0n) is 10.0. The molecule has 1 heterocycles. The van der Waals surface area contributed by atoms with E-state index in [1.807, 2.05) is 0 Å². The average molecular weight is 251 g/mol. The van der Waals surface area contributed by atoms with Gasteiger partial charge >= 0.3 is 0 Å². The van der Waals surface area contributed by atoms with Crippen LogP contribution in [0.4, 0.5) is 11.7 Å². The molecule has 0 radical (unpaired) electrons. The normalized spacial score (nSPS) is 11.7. The summed E-state index contributed by atoms with van der Waals surface area (Å²) in [4.78, 5) is 14.2. The smallest absolute Gasteiger partial charge is 0.295 e. The molecule has 0 aliphatic carbocycles. The van der Waals surface area contributed by atoms with Crippen molar-refractivity contribution in [1.29, 1.82) is 0 Å². The van der Waals surface area contributed by atoms with E-state index in [1.165, 1.54) is 18.2 Å². The van der Waals surface area contributed by atoms with Gasteiger partial charge in [0, 0.05) is 18.7 Å². The van der Waals surface area contributed by atoms with Crippen LogP contribution in [0.1, 0.15) is 13.8 Å². The van der Waals surface area contributed by atoms with Gasteiger partial charge in [-0.2, -0.15) is 4.98 Å². The molecular weight excluding hydrogens is 238 g/mol. The van der Waals surface area contributed by atoms with Crippen LogP contribution in [0.2, 0.25) is 0 Å². The van der Waals surface area contributed by atoms with Crippen molar-refractivity contribution in [2.24, 2.45) is 0 Å². The molecule has 0 saturated heterocycles. The lowest BCUT2D eigenvalue weighted by atomic mass is 10.1. The van der Waals surface area contributed by atoms with Crippen molar-refractivity contribution in [2.45, 2.75) is 19.4 Å². The molecular formula is C11H13N3O4. The lowest BCUT2D eigenvalue weighted by Crippen LogP contribution is -2.29. The van der Waals surface area contributed by atoms with E-state index in [2.05, 4.69) is 10.3 Å². The summed E-state index contributed by atoms with van der Waals surface area (Å²) >= 11 is 0. The van der Waals surface area contributed by atoms with E-state index in [9.17, 15) is 15.2 Å². The van der Waals surface area contributed by atoms with E-state index in [4.69, 9.17) is 4.42 Å². The number of non-ortho nitro benzene ring substituents is 1. The maximum Gasteiger partial charge on any atom is 0.295 e. The van der Waals surface area contributed by atoms with Crippen LogP contribution < -0.4 is 5.32 Å². The van der Waals surface area contributed by atoms with Gasteiger partial charge in [-0.1, -0.05) is 0 Å². The van der Waals surface area contributed by atoms with Crippen LogP contribution >= 0.6 is 0 Å². The van der Waals surface area contributed by atoms with E-state index >= 15 is 0 Å². The highest BCUT2D eigenvalue weighted by Crippen LogP contribution is 2.23. The Bertz CT molecular complexity index is 585. The van der Waals surface area contributed by atoms with Crippen molar-refractivity contribution in [3.8, 4) is 0 Å². The topological polar surface area (TPSA) is 101 Å². The number of aliphatic hydroxyl groups is 1. The highest BCUT2D eigenvalue weighted by atomic mass is 16.6. The molecule has 0 bridgehead atoms. The first-order chi connectivity index (χ1) is 8.35. The molecule has 2 rings (SSSR count). The first-order valence-electron chi connectivity index (χ1n) is 5.36. The second-order valence-corrected chi connectivity index (χ2v) is 4.59. The van der Waals surface area contributed by atoms with Crippen molar-refractivity contribution in [2.75, 3.05) is 11.9 Å². The van der Waals surface area contributed by atoms with E-state index < -0.39 is 10.5 Å². The van der Waals surface area contributed by atoms with Crippen LogP contribution in [0.3, 0.4) is 0 Å². The maximum atomic E-state index is 10.6. The van der Waals surface area contributed by atoms with Crippen molar-refractivity contribution >= 4 is 22.8 Å². The summed E-state index contributed by atoms with van der Waals surface area (Å²) in [5, 5.41) is 23.0. The SMILES string of the molecule is CC(C)(O)CNc1nc2cc([N+](=O)[O-])ccc2o1. The summed E-state index contributed by atoms with van der Waals surface area (Å²) in [6.45, 7) is 3.56. The number of aromatic nitrogens is 1. The van der Waals surface area contributed by atoms with E-state index in [-0.39, 0.29) is 18.2 Å². The van der Waals surface area contributed by atoms with Crippen LogP contribution in [0.25, 0.3) is 11.1 Å². The lowest BCUT2D eigenvalue weighted by molar-refractivity contribution is -0.384. The van der Waals surface area contributed by atoms with Crippen molar-refractivity contribution < 1.29 is 14.4 Å². The van der Waals surface area contributed by atoms with Gasteiger partial charge in [-0.3, -0.25) is 10.1 Å². The second-order valence-electron chi connectivity index (χ2n) is 4.59. The average Bonchev–Trinajstić information content (AvgIpc) is 2.66. The predicted octanol–water partition coefficient (Wildman–Crippen LogP) is 1.92. The molecule has 0 spiro atoms. The zero-order chi connectivity index (χ0) is 13.3. The van der Waals surface area contributed by atoms with Gasteiger partial charge in [0.1, 0.15) is 5.52 Å². The van der Waals surface area contributed by atoms with Crippen LogP contribution in [0, 0.1) is 10.1 Å². The van der Waals surface area contributed by atoms with Crippen LogP contribution in [0.15, 0.2) is 22.6 Å². The summed E-state index contributed by atoms with van der Waals surface area (Å²) in [5.74, 6) is 0. The highest BCUT2D eigenvalue weighted by molar-refractivity contribution is 5.77. The van der Waals surface area contributed by atoms with Crippen molar-refractivity contribution in [3.63, 3.8) is 0 Å². The summed E-state index contributed by atoms with van der Waals surface area (Å²) in [7, 11) is 0. The fraction of sp³-hybridized carbons (Fsp3) is 0.364. The van der Waals surface area contributed by atoms with Crippen LogP contribution in [-0.4, -0.2) is 27.2 Å². The molecule has 18 heavy (non-hydrogen) atoms. The first-order valence-corrected chi connectivity index (χ1v) is 5.36. The molecule has 2 N–H and O–H groups in total. The Morgan fingerprint density at radius 1 is 1.56 bits per heavy atom. The fourth-order valence-corrected chi connectivity index (χ4v) is 1.40. The van der Waals surface area contributed by atoms with E-state index in [1.54, 1.807) is 13.8 Å². The molecule has 0 fully saturated rings. The molecule has 1 aromatic carbocycles. The quantitative estimate of drug-likeness (QED) is 0.635. The van der Waals surface area contributed by atoms with E-state index in [0.29, 0.717) is 11.1 Å². The number of nitro groups is 1. The Kier molecular flexibility index (Phi) is 2.92. The number of rotatable bonds is 4. The minimum Gasteiger partial charge on any atom is -0.424 e. The molecule has 2 aromatic rings. The van der Waals surface area contributed by atoms with Gasteiger partial charge < -0.3 is 14.8 Å². The third-order valence-corrected chi connectivity index (χ3v) is 2.25. The minimum atomic E-state index is -0.896. The van der Waals surface area contributed by atoms with Gasteiger partial charge in [-0.05, 0) is 19.9 Å². The number of benzene rings is 1. The molecule has 0 aliphatic rings. The number of nitrogens with one attached hydrogen (secondary N) is 1. The Morgan fingerprint density at radius 3 is 2.89 bits per heavy atom. The predicted molar refractivity (Wildman–Crippen MR) is 65.5 cm³/mol. The molecule has 7 heteroatoms. The van der Waals surface area contributed by atoms with Crippen LogP contribution in [-0.2, 0) is 0 Å². The second kappa shape index (κ2) is 4.26. The molecule has 0 aliphatic heterocycles. The molecule has 0 amide bonds. The third kappa shape index (κ3) is 2.75. The van der Waals surface area contributed by atoms with Gasteiger partial charge in [0.2, 0.25) is 0 Å². The molecule has 0 unspecified atom stereocenters. The van der Waals surface area contributed by atoms with Gasteiger partial charge in [0.05, 0.1) is 10.5 Å². The first kappa shape index (κ1) is 12.3. The summed E-state index contributed by atoms with van der Waals surface area (Å²) in [6.07, 6.45) is 0. The molecule has 0 atom stereocenters. The number of nitro benzene ring substituents is 1. The minimum absolute atomic E-state index is 0.0372. The molecule has 1 aromatic heterocycles. The van der Waals surface area contributed by atoms with Crippen molar-refractivity contribution in [3.05, 3.63) is 28.3 Å². The number of anilines is 1. The highest BCUT2D eigenvalue weighted by Gasteiger charge is 2.15. The Hall–Kier alpha value is -2.15. The number of oxazole rings is 1. The standard InChI is InChI=1S/C11H13N3O4/c1-11(2,15)6-12-10-13-8-5-7(14(16)17)3-4-9(8)18-10/h3-5,15H,6H2,1-2H3,(H,12,13). The van der Waals surface area contributed by atoms with Gasteiger partial charge in [0.25, 0.3) is 11.7 Å². The molecule has 7 nitrogen and oxygen atoms in total. The fourth-order valence-electron chi connectivity index (χ4n) is 1.40.